The Morgan fingerprint density at radius 1 is 1.21 bits per heavy atom. The number of aliphatic carboxylic acids is 1. The molecule has 1 aromatic carbocycles. The molecule has 2 atom stereocenters. The van der Waals surface area contributed by atoms with Crippen LogP contribution in [-0.2, 0) is 4.79 Å². The average molecular weight is 268 g/mol. The van der Waals surface area contributed by atoms with Crippen LogP contribution in [0, 0.1) is 0 Å². The molecule has 6 nitrogen and oxygen atoms in total. The predicted molar refractivity (Wildman–Crippen MR) is 66.1 cm³/mol. The molecular weight excluding hydrogens is 252 g/mol. The van der Waals surface area contributed by atoms with E-state index in [9.17, 15) is 15.0 Å². The zero-order valence-electron chi connectivity index (χ0n) is 11.0. The molecule has 0 saturated heterocycles. The molecule has 6 heteroatoms. The minimum absolute atomic E-state index is 0.122. The molecule has 0 heterocycles. The van der Waals surface area contributed by atoms with Gasteiger partial charge >= 0.3 is 5.97 Å². The Balaban J connectivity index is 2.70. The summed E-state index contributed by atoms with van der Waals surface area (Å²) in [7, 11) is 4.37. The first kappa shape index (κ1) is 13.5. The molecule has 0 aliphatic heterocycles. The van der Waals surface area contributed by atoms with Gasteiger partial charge in [-0.15, -0.1) is 0 Å². The highest BCUT2D eigenvalue weighted by molar-refractivity contribution is 5.80. The van der Waals surface area contributed by atoms with Crippen molar-refractivity contribution < 1.29 is 29.2 Å². The number of carboxylic acids is 1. The van der Waals surface area contributed by atoms with Gasteiger partial charge in [0.05, 0.1) is 33.4 Å². The van der Waals surface area contributed by atoms with Crippen LogP contribution < -0.4 is 14.2 Å². The zero-order valence-corrected chi connectivity index (χ0v) is 11.0. The highest BCUT2D eigenvalue weighted by Crippen LogP contribution is 2.52. The lowest BCUT2D eigenvalue weighted by Crippen LogP contribution is -2.08. The third-order valence-corrected chi connectivity index (χ3v) is 3.37. The second-order valence-electron chi connectivity index (χ2n) is 4.29. The minimum atomic E-state index is -0.980. The van der Waals surface area contributed by atoms with Crippen molar-refractivity contribution in [2.45, 2.75) is 18.4 Å². The van der Waals surface area contributed by atoms with Gasteiger partial charge in [0.15, 0.2) is 11.5 Å². The first-order chi connectivity index (χ1) is 9.04. The third kappa shape index (κ3) is 1.98. The molecule has 0 aromatic heterocycles. The molecular formula is C13H16O6. The molecule has 0 spiro atoms. The number of aliphatic hydroxyl groups excluding tert-OH is 1. The molecule has 19 heavy (non-hydrogen) atoms. The number of aliphatic hydroxyl groups is 1. The summed E-state index contributed by atoms with van der Waals surface area (Å²) in [5.74, 6) is -0.675. The fourth-order valence-electron chi connectivity index (χ4n) is 2.53. The molecule has 1 aromatic rings. The van der Waals surface area contributed by atoms with Crippen molar-refractivity contribution in [2.75, 3.05) is 21.3 Å². The predicted octanol–water partition coefficient (Wildman–Crippen LogP) is 1.32. The second kappa shape index (κ2) is 4.97. The summed E-state index contributed by atoms with van der Waals surface area (Å²) < 4.78 is 15.7. The Hall–Kier alpha value is -1.95. The number of methoxy groups -OCH3 is 3. The molecule has 2 N–H and O–H groups in total. The van der Waals surface area contributed by atoms with Gasteiger partial charge in [-0.25, -0.2) is 0 Å². The topological polar surface area (TPSA) is 85.2 Å². The minimum Gasteiger partial charge on any atom is -0.493 e. The SMILES string of the molecule is COc1cc2c(c(OC)c1OC)C(O)CC2C(=O)O. The lowest BCUT2D eigenvalue weighted by atomic mass is 10.0. The largest absolute Gasteiger partial charge is 0.493 e. The Morgan fingerprint density at radius 3 is 2.32 bits per heavy atom. The Bertz CT molecular complexity index is 510. The molecule has 0 saturated carbocycles. The Labute approximate surface area is 110 Å². The molecule has 104 valence electrons. The molecule has 1 aliphatic rings. The van der Waals surface area contributed by atoms with E-state index in [1.54, 1.807) is 6.07 Å². The smallest absolute Gasteiger partial charge is 0.311 e. The maximum Gasteiger partial charge on any atom is 0.311 e. The van der Waals surface area contributed by atoms with Gasteiger partial charge in [0.25, 0.3) is 0 Å². The molecule has 0 bridgehead atoms. The van der Waals surface area contributed by atoms with Crippen molar-refractivity contribution in [3.8, 4) is 17.2 Å². The normalized spacial score (nSPS) is 20.8. The summed E-state index contributed by atoms with van der Waals surface area (Å²) in [4.78, 5) is 11.2. The first-order valence-electron chi connectivity index (χ1n) is 5.78. The summed E-state index contributed by atoms with van der Waals surface area (Å²) >= 11 is 0. The molecule has 0 amide bonds. The van der Waals surface area contributed by atoms with Gasteiger partial charge in [-0.2, -0.15) is 0 Å². The number of carbonyl (C=O) groups is 1. The van der Waals surface area contributed by atoms with Crippen molar-refractivity contribution in [1.82, 2.24) is 0 Å². The summed E-state index contributed by atoms with van der Waals surface area (Å²) in [6.07, 6.45) is -0.761. The van der Waals surface area contributed by atoms with Gasteiger partial charge in [0.1, 0.15) is 0 Å². The fraction of sp³-hybridized carbons (Fsp3) is 0.462. The number of ether oxygens (including phenoxy) is 3. The van der Waals surface area contributed by atoms with Crippen molar-refractivity contribution >= 4 is 5.97 Å². The van der Waals surface area contributed by atoms with E-state index in [0.717, 1.165) is 0 Å². The quantitative estimate of drug-likeness (QED) is 0.856. The van der Waals surface area contributed by atoms with E-state index in [4.69, 9.17) is 14.2 Å². The van der Waals surface area contributed by atoms with Gasteiger partial charge in [-0.05, 0) is 18.1 Å². The van der Waals surface area contributed by atoms with Crippen LogP contribution in [0.5, 0.6) is 17.2 Å². The van der Waals surface area contributed by atoms with Gasteiger partial charge in [0.2, 0.25) is 5.75 Å². The summed E-state index contributed by atoms with van der Waals surface area (Å²) in [6, 6.07) is 1.59. The van der Waals surface area contributed by atoms with Crippen LogP contribution in [0.1, 0.15) is 29.6 Å². The van der Waals surface area contributed by atoms with Crippen LogP contribution in [0.4, 0.5) is 0 Å². The number of hydrogen-bond donors (Lipinski definition) is 2. The van der Waals surface area contributed by atoms with Gasteiger partial charge in [-0.1, -0.05) is 0 Å². The van der Waals surface area contributed by atoms with Crippen LogP contribution in [0.25, 0.3) is 0 Å². The van der Waals surface area contributed by atoms with Crippen LogP contribution in [0.2, 0.25) is 0 Å². The van der Waals surface area contributed by atoms with E-state index in [0.29, 0.717) is 28.4 Å². The summed E-state index contributed by atoms with van der Waals surface area (Å²) in [5.41, 5.74) is 0.974. The molecule has 1 aliphatic carbocycles. The molecule has 2 unspecified atom stereocenters. The number of hydrogen-bond acceptors (Lipinski definition) is 5. The average Bonchev–Trinajstić information content (AvgIpc) is 2.73. The number of benzene rings is 1. The van der Waals surface area contributed by atoms with Crippen LogP contribution in [-0.4, -0.2) is 37.5 Å². The molecule has 2 rings (SSSR count). The number of rotatable bonds is 4. The zero-order chi connectivity index (χ0) is 14.2. The van der Waals surface area contributed by atoms with E-state index in [1.165, 1.54) is 21.3 Å². The van der Waals surface area contributed by atoms with E-state index in [1.807, 2.05) is 0 Å². The standard InChI is InChI=1S/C13H16O6/c1-17-9-5-6-7(13(15)16)4-8(14)10(6)12(19-3)11(9)18-2/h5,7-8,14H,4H2,1-3H3,(H,15,16). The highest BCUT2D eigenvalue weighted by Gasteiger charge is 2.39. The first-order valence-corrected chi connectivity index (χ1v) is 5.78. The van der Waals surface area contributed by atoms with Crippen molar-refractivity contribution in [1.29, 1.82) is 0 Å². The fourth-order valence-corrected chi connectivity index (χ4v) is 2.53. The molecule has 0 fully saturated rings. The van der Waals surface area contributed by atoms with Gasteiger partial charge in [0, 0.05) is 5.56 Å². The van der Waals surface area contributed by atoms with Crippen molar-refractivity contribution in [3.63, 3.8) is 0 Å². The summed E-state index contributed by atoms with van der Waals surface area (Å²) in [6.45, 7) is 0. The molecule has 0 radical (unpaired) electrons. The second-order valence-corrected chi connectivity index (χ2v) is 4.29. The van der Waals surface area contributed by atoms with E-state index in [2.05, 4.69) is 0 Å². The van der Waals surface area contributed by atoms with Crippen molar-refractivity contribution in [2.24, 2.45) is 0 Å². The lowest BCUT2D eigenvalue weighted by molar-refractivity contribution is -0.139. The maximum atomic E-state index is 11.2. The Morgan fingerprint density at radius 2 is 1.84 bits per heavy atom. The third-order valence-electron chi connectivity index (χ3n) is 3.37. The number of carboxylic acid groups (broad SMARTS) is 1. The summed E-state index contributed by atoms with van der Waals surface area (Å²) in [5, 5.41) is 19.3. The van der Waals surface area contributed by atoms with E-state index < -0.39 is 18.0 Å². The monoisotopic (exact) mass is 268 g/mol. The highest BCUT2D eigenvalue weighted by atomic mass is 16.5. The van der Waals surface area contributed by atoms with Gasteiger partial charge < -0.3 is 24.4 Å². The van der Waals surface area contributed by atoms with Crippen molar-refractivity contribution in [3.05, 3.63) is 17.2 Å². The van der Waals surface area contributed by atoms with Crippen LogP contribution >= 0.6 is 0 Å². The number of fused-ring (bicyclic) bond motifs is 1. The van der Waals surface area contributed by atoms with E-state index >= 15 is 0 Å². The van der Waals surface area contributed by atoms with Crippen LogP contribution in [0.15, 0.2) is 6.07 Å². The lowest BCUT2D eigenvalue weighted by Gasteiger charge is -2.17. The van der Waals surface area contributed by atoms with Gasteiger partial charge in [-0.3, -0.25) is 4.79 Å². The maximum absolute atomic E-state index is 11.2. The van der Waals surface area contributed by atoms with Crippen LogP contribution in [0.3, 0.4) is 0 Å². The van der Waals surface area contributed by atoms with E-state index in [-0.39, 0.29) is 6.42 Å². The Kier molecular flexibility index (Phi) is 3.53.